The van der Waals surface area contributed by atoms with Crippen LogP contribution in [0.25, 0.3) is 0 Å². The first-order valence-electron chi connectivity index (χ1n) is 6.18. The Bertz CT molecular complexity index is 560. The van der Waals surface area contributed by atoms with Gasteiger partial charge in [0, 0.05) is 31.4 Å². The quantitative estimate of drug-likeness (QED) is 0.875. The van der Waals surface area contributed by atoms with E-state index in [1.54, 1.807) is 4.68 Å². The van der Waals surface area contributed by atoms with E-state index in [1.165, 1.54) is 5.56 Å². The first kappa shape index (κ1) is 13.9. The van der Waals surface area contributed by atoms with Gasteiger partial charge in [0.2, 0.25) is 0 Å². The molecule has 4 nitrogen and oxygen atoms in total. The van der Waals surface area contributed by atoms with Crippen LogP contribution >= 0.6 is 11.6 Å². The van der Waals surface area contributed by atoms with E-state index in [0.717, 1.165) is 30.0 Å². The highest BCUT2D eigenvalue weighted by Gasteiger charge is 2.13. The predicted molar refractivity (Wildman–Crippen MR) is 79.0 cm³/mol. The standard InChI is InChI=1S/C14H19ClN4/c1-10-13(14(15)19(3)17-10)9-18(2)8-11-4-6-12(16)7-5-11/h4-7H,8-9,16H2,1-3H3. The number of benzene rings is 1. The molecular formula is C14H19ClN4. The Morgan fingerprint density at radius 3 is 2.42 bits per heavy atom. The van der Waals surface area contributed by atoms with Crippen LogP contribution in [0.15, 0.2) is 24.3 Å². The molecule has 0 fully saturated rings. The molecule has 0 aliphatic rings. The topological polar surface area (TPSA) is 47.1 Å². The Morgan fingerprint density at radius 2 is 1.89 bits per heavy atom. The van der Waals surface area contributed by atoms with Gasteiger partial charge in [-0.3, -0.25) is 9.58 Å². The van der Waals surface area contributed by atoms with Crippen LogP contribution in [0.5, 0.6) is 0 Å². The van der Waals surface area contributed by atoms with E-state index < -0.39 is 0 Å². The molecule has 0 bridgehead atoms. The fraction of sp³-hybridized carbons (Fsp3) is 0.357. The van der Waals surface area contributed by atoms with Gasteiger partial charge in [-0.15, -0.1) is 0 Å². The molecule has 0 saturated carbocycles. The number of nitrogen functional groups attached to an aromatic ring is 1. The molecule has 19 heavy (non-hydrogen) atoms. The van der Waals surface area contributed by atoms with Gasteiger partial charge in [-0.05, 0) is 31.7 Å². The van der Waals surface area contributed by atoms with Crippen molar-refractivity contribution >= 4 is 17.3 Å². The molecule has 0 spiro atoms. The van der Waals surface area contributed by atoms with E-state index in [1.807, 2.05) is 38.2 Å². The first-order chi connectivity index (χ1) is 8.97. The zero-order chi connectivity index (χ0) is 14.0. The molecule has 0 aliphatic heterocycles. The lowest BCUT2D eigenvalue weighted by molar-refractivity contribution is 0.318. The number of rotatable bonds is 4. The zero-order valence-corrected chi connectivity index (χ0v) is 12.3. The summed E-state index contributed by atoms with van der Waals surface area (Å²) in [5, 5.41) is 5.03. The van der Waals surface area contributed by atoms with E-state index in [-0.39, 0.29) is 0 Å². The van der Waals surface area contributed by atoms with Gasteiger partial charge in [0.15, 0.2) is 0 Å². The number of hydrogen-bond acceptors (Lipinski definition) is 3. The molecule has 0 radical (unpaired) electrons. The lowest BCUT2D eigenvalue weighted by Crippen LogP contribution is -2.17. The van der Waals surface area contributed by atoms with Crippen molar-refractivity contribution in [1.82, 2.24) is 14.7 Å². The van der Waals surface area contributed by atoms with Crippen molar-refractivity contribution in [2.45, 2.75) is 20.0 Å². The third kappa shape index (κ3) is 3.28. The molecule has 1 aromatic heterocycles. The van der Waals surface area contributed by atoms with Crippen LogP contribution in [0.2, 0.25) is 5.15 Å². The minimum atomic E-state index is 0.710. The van der Waals surface area contributed by atoms with Crippen molar-refractivity contribution < 1.29 is 0 Å². The summed E-state index contributed by atoms with van der Waals surface area (Å²) in [6.07, 6.45) is 0. The Balaban J connectivity index is 2.05. The Kier molecular flexibility index (Phi) is 4.12. The van der Waals surface area contributed by atoms with Gasteiger partial charge < -0.3 is 5.73 Å². The summed E-state index contributed by atoms with van der Waals surface area (Å²) < 4.78 is 1.71. The van der Waals surface area contributed by atoms with Crippen LogP contribution in [0.1, 0.15) is 16.8 Å². The molecule has 102 valence electrons. The molecule has 2 rings (SSSR count). The van der Waals surface area contributed by atoms with Crippen LogP contribution < -0.4 is 5.73 Å². The molecule has 0 saturated heterocycles. The summed E-state index contributed by atoms with van der Waals surface area (Å²) in [5.74, 6) is 0. The monoisotopic (exact) mass is 278 g/mol. The van der Waals surface area contributed by atoms with Gasteiger partial charge in [-0.1, -0.05) is 23.7 Å². The van der Waals surface area contributed by atoms with E-state index >= 15 is 0 Å². The molecule has 0 atom stereocenters. The largest absolute Gasteiger partial charge is 0.399 e. The molecule has 0 amide bonds. The Morgan fingerprint density at radius 1 is 1.26 bits per heavy atom. The molecule has 1 aromatic carbocycles. The van der Waals surface area contributed by atoms with Crippen LogP contribution in [-0.2, 0) is 20.1 Å². The molecule has 2 aromatic rings. The fourth-order valence-electron chi connectivity index (χ4n) is 2.11. The SMILES string of the molecule is Cc1nn(C)c(Cl)c1CN(C)Cc1ccc(N)cc1. The van der Waals surface area contributed by atoms with Crippen molar-refractivity contribution in [3.8, 4) is 0 Å². The molecule has 0 unspecified atom stereocenters. The van der Waals surface area contributed by atoms with Gasteiger partial charge in [0.1, 0.15) is 5.15 Å². The van der Waals surface area contributed by atoms with E-state index in [9.17, 15) is 0 Å². The number of aryl methyl sites for hydroxylation is 2. The van der Waals surface area contributed by atoms with E-state index in [4.69, 9.17) is 17.3 Å². The minimum Gasteiger partial charge on any atom is -0.399 e. The van der Waals surface area contributed by atoms with E-state index in [2.05, 4.69) is 17.0 Å². The summed E-state index contributed by atoms with van der Waals surface area (Å²) in [6, 6.07) is 7.93. The number of hydrogen-bond donors (Lipinski definition) is 1. The summed E-state index contributed by atoms with van der Waals surface area (Å²) in [5.41, 5.74) is 9.77. The number of anilines is 1. The maximum atomic E-state index is 6.24. The zero-order valence-electron chi connectivity index (χ0n) is 11.5. The van der Waals surface area contributed by atoms with Crippen LogP contribution in [0.3, 0.4) is 0 Å². The summed E-state index contributed by atoms with van der Waals surface area (Å²) in [6.45, 7) is 3.62. The summed E-state index contributed by atoms with van der Waals surface area (Å²) >= 11 is 6.24. The maximum Gasteiger partial charge on any atom is 0.131 e. The second-order valence-corrected chi connectivity index (χ2v) is 5.25. The number of nitrogens with two attached hydrogens (primary N) is 1. The normalized spacial score (nSPS) is 11.2. The van der Waals surface area contributed by atoms with Crippen molar-refractivity contribution in [2.75, 3.05) is 12.8 Å². The highest BCUT2D eigenvalue weighted by atomic mass is 35.5. The highest BCUT2D eigenvalue weighted by molar-refractivity contribution is 6.30. The van der Waals surface area contributed by atoms with Gasteiger partial charge in [-0.2, -0.15) is 5.10 Å². The van der Waals surface area contributed by atoms with Crippen molar-refractivity contribution in [3.05, 3.63) is 46.2 Å². The molecular weight excluding hydrogens is 260 g/mol. The third-order valence-corrected chi connectivity index (χ3v) is 3.60. The average Bonchev–Trinajstić information content (AvgIpc) is 2.59. The lowest BCUT2D eigenvalue weighted by Gasteiger charge is -2.16. The number of nitrogens with zero attached hydrogens (tertiary/aromatic N) is 3. The molecule has 5 heteroatoms. The first-order valence-corrected chi connectivity index (χ1v) is 6.56. The van der Waals surface area contributed by atoms with Crippen LogP contribution in [-0.4, -0.2) is 21.7 Å². The van der Waals surface area contributed by atoms with Crippen molar-refractivity contribution in [3.63, 3.8) is 0 Å². The van der Waals surface area contributed by atoms with Crippen LogP contribution in [0.4, 0.5) is 5.69 Å². The van der Waals surface area contributed by atoms with Crippen LogP contribution in [0, 0.1) is 6.92 Å². The van der Waals surface area contributed by atoms with Gasteiger partial charge >= 0.3 is 0 Å². The smallest absolute Gasteiger partial charge is 0.131 e. The van der Waals surface area contributed by atoms with Gasteiger partial charge in [-0.25, -0.2) is 0 Å². The third-order valence-electron chi connectivity index (χ3n) is 3.13. The molecule has 0 aliphatic carbocycles. The molecule has 1 heterocycles. The lowest BCUT2D eigenvalue weighted by atomic mass is 10.2. The Labute approximate surface area is 118 Å². The minimum absolute atomic E-state index is 0.710. The maximum absolute atomic E-state index is 6.24. The molecule has 2 N–H and O–H groups in total. The second-order valence-electron chi connectivity index (χ2n) is 4.89. The summed E-state index contributed by atoms with van der Waals surface area (Å²) in [7, 11) is 3.93. The fourth-order valence-corrected chi connectivity index (χ4v) is 2.35. The van der Waals surface area contributed by atoms with Gasteiger partial charge in [0.25, 0.3) is 0 Å². The van der Waals surface area contributed by atoms with Crippen molar-refractivity contribution in [2.24, 2.45) is 7.05 Å². The highest BCUT2D eigenvalue weighted by Crippen LogP contribution is 2.20. The average molecular weight is 279 g/mol. The van der Waals surface area contributed by atoms with Gasteiger partial charge in [0.05, 0.1) is 5.69 Å². The van der Waals surface area contributed by atoms with E-state index in [0.29, 0.717) is 5.15 Å². The second kappa shape index (κ2) is 5.63. The predicted octanol–water partition coefficient (Wildman–Crippen LogP) is 2.60. The number of aromatic nitrogens is 2. The Hall–Kier alpha value is -1.52. The summed E-state index contributed by atoms with van der Waals surface area (Å²) in [4.78, 5) is 2.21. The van der Waals surface area contributed by atoms with Crippen molar-refractivity contribution in [1.29, 1.82) is 0 Å². The number of halogens is 1.